The van der Waals surface area contributed by atoms with Crippen LogP contribution in [0, 0.1) is 6.33 Å². The van der Waals surface area contributed by atoms with Gasteiger partial charge in [0.1, 0.15) is 17.3 Å². The zero-order valence-electron chi connectivity index (χ0n) is 74.7. The fourth-order valence-electron chi connectivity index (χ4n) is 12.6. The van der Waals surface area contributed by atoms with Crippen LogP contribution in [0.15, 0.2) is 279 Å². The van der Waals surface area contributed by atoms with Gasteiger partial charge in [0.2, 0.25) is 0 Å². The summed E-state index contributed by atoms with van der Waals surface area (Å²) in [4.78, 5) is 4.91. The number of benzene rings is 11. The fraction of sp³-hybridized carbons (Fsp3) is 0.182. The summed E-state index contributed by atoms with van der Waals surface area (Å²) in [5.41, 5.74) is 6.35. The third-order valence-electron chi connectivity index (χ3n) is 17.6. The lowest BCUT2D eigenvalue weighted by atomic mass is 9.79. The van der Waals surface area contributed by atoms with Crippen molar-refractivity contribution in [1.82, 2.24) is 14.1 Å². The first-order chi connectivity index (χ1) is 53.4. The lowest BCUT2D eigenvalue weighted by Crippen LogP contribution is -2.76. The molecule has 3 aromatic heterocycles. The first kappa shape index (κ1) is 42.2. The van der Waals surface area contributed by atoms with E-state index in [0.717, 1.165) is 49.6 Å². The van der Waals surface area contributed by atoms with E-state index in [0.29, 0.717) is 39.6 Å². The molecule has 464 valence electrons. The summed E-state index contributed by atoms with van der Waals surface area (Å²) in [6.07, 6.45) is 5.51. The first-order valence-corrected chi connectivity index (χ1v) is 33.4. The molecule has 6 heteroatoms. The van der Waals surface area contributed by atoms with E-state index in [2.05, 4.69) is 110 Å². The van der Waals surface area contributed by atoms with Crippen molar-refractivity contribution < 1.29 is 36.7 Å². The van der Waals surface area contributed by atoms with Crippen LogP contribution in [0.1, 0.15) is 133 Å². The molecule has 14 aromatic rings. The summed E-state index contributed by atoms with van der Waals surface area (Å²) in [6, 6.07) is 28.6. The van der Waals surface area contributed by atoms with Gasteiger partial charge in [0.05, 0.1) is 60.9 Å². The quantitative estimate of drug-likeness (QED) is 0.0529. The zero-order chi connectivity index (χ0) is 82.7. The van der Waals surface area contributed by atoms with Crippen LogP contribution in [-0.2, 0) is 21.7 Å². The van der Waals surface area contributed by atoms with E-state index in [1.165, 1.54) is 6.07 Å². The average Bonchev–Trinajstić information content (AvgIpc) is 0.774. The Balaban J connectivity index is 1.20. The Morgan fingerprint density at radius 2 is 0.968 bits per heavy atom. The van der Waals surface area contributed by atoms with Crippen molar-refractivity contribution >= 4 is 61.7 Å². The van der Waals surface area contributed by atoms with Crippen LogP contribution >= 0.6 is 0 Å². The van der Waals surface area contributed by atoms with Crippen molar-refractivity contribution in [1.29, 1.82) is 0 Å². The number of nitrogens with zero attached hydrogens (tertiary/aromatic N) is 4. The van der Waals surface area contributed by atoms with Crippen molar-refractivity contribution in [3.8, 4) is 62.1 Å². The number of hydrogen-bond acceptors (Lipinski definition) is 2. The largest absolute Gasteiger partial charge is 0.458 e. The molecule has 0 aliphatic heterocycles. The summed E-state index contributed by atoms with van der Waals surface area (Å²) < 4.78 is 207. The van der Waals surface area contributed by atoms with Gasteiger partial charge in [-0.25, -0.2) is 4.98 Å². The minimum atomic E-state index is -6.32. The van der Waals surface area contributed by atoms with Crippen LogP contribution in [0.4, 0.5) is 0 Å². The first-order valence-electron chi connectivity index (χ1n) is 41.4. The normalized spacial score (nSPS) is 15.4. The van der Waals surface area contributed by atoms with E-state index in [-0.39, 0.29) is 38.6 Å². The number of ether oxygens (including phenoxy) is 1. The lowest BCUT2D eigenvalue weighted by molar-refractivity contribution is -0.570. The summed E-state index contributed by atoms with van der Waals surface area (Å²) >= 11 is 0. The van der Waals surface area contributed by atoms with Gasteiger partial charge >= 0.3 is 0 Å². The maximum atomic E-state index is 10.4. The second kappa shape index (κ2) is 23.8. The van der Waals surface area contributed by atoms with E-state index in [1.807, 2.05) is 99.8 Å². The molecule has 0 saturated heterocycles. The zero-order valence-corrected chi connectivity index (χ0v) is 55.7. The van der Waals surface area contributed by atoms with Gasteiger partial charge in [-0.05, 0) is 159 Å². The minimum Gasteiger partial charge on any atom is -0.458 e. The van der Waals surface area contributed by atoms with Crippen molar-refractivity contribution in [2.75, 3.05) is 0 Å². The molecule has 0 aliphatic carbocycles. The molecular formula is C88H82N4OSi. The standard InChI is InChI=1S/C88H82N4OSi/c1-85(2,3)65-32-27-31-62(49-65)77-52-64(60-29-17-13-18-30-60)54-82(94(72-35-19-14-20-36-72,73-37-21-15-22-38-73)74-39-23-16-24-40-74)84(77)91-59-90(81-53-61(43-46-79(81)91)63-50-67(87(7,8)9)55-68(51-63)88(10,11)12)69-33-28-34-70(57-69)93-71-44-45-76-75-41-25-26-42-78(75)92(80(76)58-71)83-56-66(47-48-89-83)86(4,5)6/h13-58H,1-12H3/i13D,14D,15D,16D,17D,18D,19D,20D,21D,22D,23D,24D,29D,30D,35D,36D,37D,38D,39D,40D. The molecule has 3 heterocycles. The van der Waals surface area contributed by atoms with Crippen molar-refractivity contribution in [2.45, 2.75) is 105 Å². The Hall–Kier alpha value is -10.1. The van der Waals surface area contributed by atoms with Crippen LogP contribution in [0.2, 0.25) is 0 Å². The minimum absolute atomic E-state index is 0.0617. The van der Waals surface area contributed by atoms with E-state index in [4.69, 9.17) is 15.2 Å². The topological polar surface area (TPSA) is 35.9 Å². The Morgan fingerprint density at radius 1 is 0.415 bits per heavy atom. The summed E-state index contributed by atoms with van der Waals surface area (Å²) in [6.45, 7) is 25.2. The summed E-state index contributed by atoms with van der Waals surface area (Å²) in [5.74, 6) is 1.52. The number of hydrogen-bond donors (Lipinski definition) is 0. The molecule has 0 fully saturated rings. The van der Waals surface area contributed by atoms with E-state index < -0.39 is 161 Å². The van der Waals surface area contributed by atoms with Gasteiger partial charge < -0.3 is 4.74 Å². The highest BCUT2D eigenvalue weighted by Gasteiger charge is 2.44. The third-order valence-corrected chi connectivity index (χ3v) is 21.8. The second-order valence-corrected chi connectivity index (χ2v) is 31.6. The second-order valence-electron chi connectivity index (χ2n) is 28.1. The number of pyridine rings is 1. The Kier molecular flexibility index (Phi) is 10.7. The molecule has 0 saturated carbocycles. The highest BCUT2D eigenvalue weighted by molar-refractivity contribution is 7.20. The maximum absolute atomic E-state index is 10.4. The van der Waals surface area contributed by atoms with Gasteiger partial charge in [0, 0.05) is 23.0 Å². The molecule has 0 aliphatic rings. The van der Waals surface area contributed by atoms with Crippen molar-refractivity contribution in [2.24, 2.45) is 0 Å². The van der Waals surface area contributed by atoms with Gasteiger partial charge in [-0.15, -0.1) is 0 Å². The molecular weight excluding hydrogens is 1160 g/mol. The predicted octanol–water partition coefficient (Wildman–Crippen LogP) is 19.6. The monoisotopic (exact) mass is 1260 g/mol. The number of fused-ring (bicyclic) bond motifs is 4. The number of rotatable bonds is 12. The van der Waals surface area contributed by atoms with Crippen LogP contribution in [0.5, 0.6) is 11.5 Å². The maximum Gasteiger partial charge on any atom is 0.269 e. The average molecular weight is 1260 g/mol. The van der Waals surface area contributed by atoms with E-state index in [1.54, 1.807) is 45.5 Å². The molecule has 0 bridgehead atoms. The van der Waals surface area contributed by atoms with Crippen LogP contribution in [0.3, 0.4) is 0 Å². The Labute approximate surface area is 584 Å². The smallest absolute Gasteiger partial charge is 0.269 e. The molecule has 0 spiro atoms. The molecule has 0 unspecified atom stereocenters. The molecule has 0 N–H and O–H groups in total. The SMILES string of the molecule is [2H]c1c([2H])c([2H])c(-c2cc(-c3cccc(C(C)(C)C)c3)c(-[n+]3[c-]n(-c4cccc(Oc5ccc6c7ccccc7n(-c7cc(C(C)(C)C)ccn7)c6c5)c4)c4cc(-c5cc(C(C)(C)C)cc(C(C)(C)C)c5)ccc43)c([Si](c3c([2H])c([2H])c([2H])c([2H])c3[2H])(c3c([2H])c([2H])c([2H])c([2H])c3[2H])c3c([2H])c([2H])c([2H])c([2H])c3[2H])c2)c([2H])c1[2H]. The number of para-hydroxylation sites is 1. The lowest BCUT2D eigenvalue weighted by Gasteiger charge is -2.37. The molecule has 5 nitrogen and oxygen atoms in total. The van der Waals surface area contributed by atoms with E-state index >= 15 is 0 Å². The Bertz CT molecular complexity index is 6100. The molecule has 14 rings (SSSR count). The molecule has 0 atom stereocenters. The summed E-state index contributed by atoms with van der Waals surface area (Å²) in [7, 11) is -6.32. The van der Waals surface area contributed by atoms with Gasteiger partial charge in [-0.2, -0.15) is 0 Å². The third kappa shape index (κ3) is 11.4. The molecule has 0 radical (unpaired) electrons. The van der Waals surface area contributed by atoms with Crippen molar-refractivity contribution in [3.05, 3.63) is 307 Å². The highest BCUT2D eigenvalue weighted by atomic mass is 28.3. The summed E-state index contributed by atoms with van der Waals surface area (Å²) in [5, 5.41) is -0.917. The van der Waals surface area contributed by atoms with Crippen molar-refractivity contribution in [3.63, 3.8) is 0 Å². The van der Waals surface area contributed by atoms with E-state index in [9.17, 15) is 21.9 Å². The number of aromatic nitrogens is 4. The molecule has 0 amide bonds. The van der Waals surface area contributed by atoms with Gasteiger partial charge in [-0.1, -0.05) is 289 Å². The molecule has 11 aromatic carbocycles. The van der Waals surface area contributed by atoms with Crippen LogP contribution in [-0.4, -0.2) is 22.2 Å². The molecule has 94 heavy (non-hydrogen) atoms. The van der Waals surface area contributed by atoms with Gasteiger partial charge in [-0.3, -0.25) is 13.7 Å². The van der Waals surface area contributed by atoms with Gasteiger partial charge in [0.25, 0.3) is 6.33 Å². The van der Waals surface area contributed by atoms with Crippen LogP contribution < -0.4 is 30.1 Å². The Morgan fingerprint density at radius 3 is 1.60 bits per heavy atom. The fourth-order valence-corrected chi connectivity index (χ4v) is 16.6. The van der Waals surface area contributed by atoms with Crippen LogP contribution in [0.25, 0.3) is 83.4 Å². The number of imidazole rings is 1. The van der Waals surface area contributed by atoms with Gasteiger partial charge in [0.15, 0.2) is 8.07 Å². The highest BCUT2D eigenvalue weighted by Crippen LogP contribution is 2.40. The predicted molar refractivity (Wildman–Crippen MR) is 397 cm³/mol.